The van der Waals surface area contributed by atoms with E-state index in [4.69, 9.17) is 9.47 Å². The number of aliphatic hydroxyl groups excluding tert-OH is 1. The van der Waals surface area contributed by atoms with E-state index in [1.54, 1.807) is 20.8 Å². The van der Waals surface area contributed by atoms with Gasteiger partial charge in [0.05, 0.1) is 11.0 Å². The molecule has 0 aliphatic carbocycles. The third-order valence-electron chi connectivity index (χ3n) is 6.00. The normalized spacial score (nSPS) is 21.5. The van der Waals surface area contributed by atoms with Crippen molar-refractivity contribution in [2.45, 2.75) is 70.4 Å². The van der Waals surface area contributed by atoms with Crippen molar-refractivity contribution in [2.75, 3.05) is 19.6 Å². The number of carbonyl (C=O) groups excluding carboxylic acids is 4. The van der Waals surface area contributed by atoms with Gasteiger partial charge in [-0.15, -0.1) is 0 Å². The van der Waals surface area contributed by atoms with Crippen molar-refractivity contribution in [1.29, 1.82) is 0 Å². The number of amides is 3. The fourth-order valence-corrected chi connectivity index (χ4v) is 4.32. The third kappa shape index (κ3) is 7.38. The van der Waals surface area contributed by atoms with Crippen LogP contribution in [0.5, 0.6) is 0 Å². The zero-order valence-corrected chi connectivity index (χ0v) is 21.0. The molecule has 2 saturated heterocycles. The van der Waals surface area contributed by atoms with Gasteiger partial charge >= 0.3 is 12.1 Å². The Kier molecular flexibility index (Phi) is 8.69. The van der Waals surface area contributed by atoms with Gasteiger partial charge in [-0.05, 0) is 51.3 Å². The highest BCUT2D eigenvalue weighted by Crippen LogP contribution is 2.26. The van der Waals surface area contributed by atoms with E-state index < -0.39 is 52.6 Å². The Bertz CT molecular complexity index is 1040. The Morgan fingerprint density at radius 1 is 1.14 bits per heavy atom. The van der Waals surface area contributed by atoms with Gasteiger partial charge < -0.3 is 29.7 Å². The average molecular weight is 521 g/mol. The zero-order valence-electron chi connectivity index (χ0n) is 21.0. The molecule has 3 atom stereocenters. The van der Waals surface area contributed by atoms with Gasteiger partial charge in [0.1, 0.15) is 30.8 Å². The van der Waals surface area contributed by atoms with Crippen LogP contribution in [0, 0.1) is 10.1 Å². The molecule has 37 heavy (non-hydrogen) atoms. The second kappa shape index (κ2) is 11.5. The number of hydrogen-bond acceptors (Lipinski definition) is 9. The first kappa shape index (κ1) is 27.8. The number of β-amino-alcohol motifs (C(OH)–C–C–N with tert-alkyl or cyclic N) is 1. The number of likely N-dealkylation sites (tertiary alicyclic amines) is 2. The van der Waals surface area contributed by atoms with E-state index in [-0.39, 0.29) is 31.8 Å². The van der Waals surface area contributed by atoms with Gasteiger partial charge in [-0.3, -0.25) is 19.7 Å². The summed E-state index contributed by atoms with van der Waals surface area (Å²) >= 11 is 0. The van der Waals surface area contributed by atoms with Crippen molar-refractivity contribution in [2.24, 2.45) is 0 Å². The maximum absolute atomic E-state index is 13.4. The standard InChI is InChI=1S/C24H32N4O9/c1-24(2,3)37-23(33)25-12-20(30)26-10-4-5-18(26)21(31)27-13-17(29)11-19(27)22(32)36-14-15-6-8-16(9-7-15)28(34)35/h6-9,17-19,29H,4-5,10-14H2,1-3H3,(H,25,33)/t17-,18+,19+/m1/s1. The lowest BCUT2D eigenvalue weighted by Gasteiger charge is -2.30. The van der Waals surface area contributed by atoms with Crippen LogP contribution in [0.2, 0.25) is 0 Å². The summed E-state index contributed by atoms with van der Waals surface area (Å²) in [6.07, 6.45) is -0.734. The highest BCUT2D eigenvalue weighted by Gasteiger charge is 2.45. The molecule has 3 rings (SSSR count). The minimum absolute atomic E-state index is 0.00823. The number of aliphatic hydroxyl groups is 1. The first-order valence-corrected chi connectivity index (χ1v) is 12.0. The third-order valence-corrected chi connectivity index (χ3v) is 6.00. The Labute approximate surface area is 213 Å². The molecule has 13 heteroatoms. The van der Waals surface area contributed by atoms with Gasteiger partial charge in [0.15, 0.2) is 0 Å². The van der Waals surface area contributed by atoms with Crippen LogP contribution < -0.4 is 5.32 Å². The van der Waals surface area contributed by atoms with Crippen molar-refractivity contribution in [3.63, 3.8) is 0 Å². The Morgan fingerprint density at radius 3 is 2.43 bits per heavy atom. The van der Waals surface area contributed by atoms with E-state index in [0.29, 0.717) is 24.9 Å². The molecule has 202 valence electrons. The average Bonchev–Trinajstić information content (AvgIpc) is 3.47. The lowest BCUT2D eigenvalue weighted by atomic mass is 10.1. The summed E-state index contributed by atoms with van der Waals surface area (Å²) in [4.78, 5) is 63.6. The number of benzene rings is 1. The maximum Gasteiger partial charge on any atom is 0.408 e. The summed E-state index contributed by atoms with van der Waals surface area (Å²) < 4.78 is 10.5. The van der Waals surface area contributed by atoms with Gasteiger partial charge in [-0.1, -0.05) is 0 Å². The number of nitro benzene ring substituents is 1. The number of alkyl carbamates (subject to hydrolysis) is 1. The predicted octanol–water partition coefficient (Wildman–Crippen LogP) is 1.12. The van der Waals surface area contributed by atoms with E-state index in [1.807, 2.05) is 0 Å². The molecule has 2 aliphatic heterocycles. The lowest BCUT2D eigenvalue weighted by molar-refractivity contribution is -0.384. The van der Waals surface area contributed by atoms with Gasteiger partial charge in [0.25, 0.3) is 5.69 Å². The molecule has 1 aromatic carbocycles. The van der Waals surface area contributed by atoms with Crippen LogP contribution in [0.25, 0.3) is 0 Å². The number of ether oxygens (including phenoxy) is 2. The summed E-state index contributed by atoms with van der Waals surface area (Å²) in [7, 11) is 0. The van der Waals surface area contributed by atoms with Crippen LogP contribution in [0.15, 0.2) is 24.3 Å². The molecule has 0 bridgehead atoms. The molecule has 0 saturated carbocycles. The van der Waals surface area contributed by atoms with E-state index in [9.17, 15) is 34.4 Å². The van der Waals surface area contributed by atoms with Crippen molar-refractivity contribution >= 4 is 29.6 Å². The second-order valence-corrected chi connectivity index (χ2v) is 10.0. The van der Waals surface area contributed by atoms with Gasteiger partial charge in [-0.25, -0.2) is 9.59 Å². The smallest absolute Gasteiger partial charge is 0.408 e. The SMILES string of the molecule is CC(C)(C)OC(=O)NCC(=O)N1CCC[C@H]1C(=O)N1C[C@H](O)C[C@H]1C(=O)OCc1ccc([N+](=O)[O-])cc1. The number of carbonyl (C=O) groups is 4. The molecule has 13 nitrogen and oxygen atoms in total. The van der Waals surface area contributed by atoms with Gasteiger partial charge in [0.2, 0.25) is 11.8 Å². The van der Waals surface area contributed by atoms with Crippen LogP contribution in [0.1, 0.15) is 45.6 Å². The van der Waals surface area contributed by atoms with Crippen LogP contribution >= 0.6 is 0 Å². The van der Waals surface area contributed by atoms with Crippen molar-refractivity contribution < 1.29 is 38.7 Å². The fourth-order valence-electron chi connectivity index (χ4n) is 4.32. The number of nitrogens with zero attached hydrogens (tertiary/aromatic N) is 3. The molecule has 2 fully saturated rings. The first-order chi connectivity index (χ1) is 17.4. The van der Waals surface area contributed by atoms with Gasteiger partial charge in [-0.2, -0.15) is 0 Å². The lowest BCUT2D eigenvalue weighted by Crippen LogP contribution is -2.53. The molecule has 0 spiro atoms. The minimum atomic E-state index is -1.03. The molecule has 3 amide bonds. The highest BCUT2D eigenvalue weighted by molar-refractivity contribution is 5.92. The van der Waals surface area contributed by atoms with Crippen LogP contribution in [-0.2, 0) is 30.5 Å². The Hall–Kier alpha value is -3.74. The molecule has 0 unspecified atom stereocenters. The molecule has 2 heterocycles. The highest BCUT2D eigenvalue weighted by atomic mass is 16.6. The zero-order chi connectivity index (χ0) is 27.3. The molecular formula is C24H32N4O9. The molecular weight excluding hydrogens is 488 g/mol. The summed E-state index contributed by atoms with van der Waals surface area (Å²) in [5, 5.41) is 23.4. The summed E-state index contributed by atoms with van der Waals surface area (Å²) in [5.41, 5.74) is -0.291. The number of hydrogen-bond donors (Lipinski definition) is 2. The summed E-state index contributed by atoms with van der Waals surface area (Å²) in [6.45, 7) is 4.82. The van der Waals surface area contributed by atoms with Crippen molar-refractivity contribution in [1.82, 2.24) is 15.1 Å². The van der Waals surface area contributed by atoms with Crippen LogP contribution in [0.3, 0.4) is 0 Å². The largest absolute Gasteiger partial charge is 0.459 e. The van der Waals surface area contributed by atoms with Crippen LogP contribution in [0.4, 0.5) is 10.5 Å². The second-order valence-electron chi connectivity index (χ2n) is 10.0. The molecule has 2 aliphatic rings. The van der Waals surface area contributed by atoms with Crippen molar-refractivity contribution in [3.05, 3.63) is 39.9 Å². The summed E-state index contributed by atoms with van der Waals surface area (Å²) in [6, 6.07) is 3.65. The van der Waals surface area contributed by atoms with Crippen molar-refractivity contribution in [3.8, 4) is 0 Å². The monoisotopic (exact) mass is 520 g/mol. The van der Waals surface area contributed by atoms with Gasteiger partial charge in [0, 0.05) is 31.6 Å². The van der Waals surface area contributed by atoms with E-state index >= 15 is 0 Å². The molecule has 1 aromatic rings. The van der Waals surface area contributed by atoms with E-state index in [2.05, 4.69) is 5.32 Å². The Morgan fingerprint density at radius 2 is 1.81 bits per heavy atom. The summed E-state index contributed by atoms with van der Waals surface area (Å²) in [5.74, 6) is -1.65. The Balaban J connectivity index is 1.59. The molecule has 0 radical (unpaired) electrons. The number of nitro groups is 1. The number of non-ortho nitro benzene ring substituents is 1. The number of nitrogens with one attached hydrogen (secondary N) is 1. The predicted molar refractivity (Wildman–Crippen MR) is 128 cm³/mol. The molecule has 0 aromatic heterocycles. The quantitative estimate of drug-likeness (QED) is 0.304. The number of esters is 1. The van der Waals surface area contributed by atoms with E-state index in [1.165, 1.54) is 34.1 Å². The van der Waals surface area contributed by atoms with E-state index in [0.717, 1.165) is 0 Å². The topological polar surface area (TPSA) is 169 Å². The maximum atomic E-state index is 13.4. The minimum Gasteiger partial charge on any atom is -0.459 e. The van der Waals surface area contributed by atoms with Crippen LogP contribution in [-0.4, -0.2) is 87.1 Å². The number of rotatable bonds is 7. The fraction of sp³-hybridized carbons (Fsp3) is 0.583. The first-order valence-electron chi connectivity index (χ1n) is 12.0. The molecule has 2 N–H and O–H groups in total.